The molecule has 0 aliphatic heterocycles. The number of ether oxygens (including phenoxy) is 3. The van der Waals surface area contributed by atoms with Gasteiger partial charge in [0.2, 0.25) is 23.6 Å². The van der Waals surface area contributed by atoms with Gasteiger partial charge in [0.1, 0.15) is 5.75 Å². The van der Waals surface area contributed by atoms with Gasteiger partial charge in [0, 0.05) is 24.5 Å². The third-order valence-corrected chi connectivity index (χ3v) is 6.40. The molecule has 1 aromatic carbocycles. The van der Waals surface area contributed by atoms with Gasteiger partial charge in [-0.15, -0.1) is 0 Å². The van der Waals surface area contributed by atoms with E-state index < -0.39 is 0 Å². The van der Waals surface area contributed by atoms with Crippen LogP contribution in [0.4, 0.5) is 11.6 Å². The van der Waals surface area contributed by atoms with Crippen LogP contribution in [0.1, 0.15) is 45.9 Å². The van der Waals surface area contributed by atoms with Crippen LogP contribution in [-0.4, -0.2) is 54.2 Å². The number of benzene rings is 1. The van der Waals surface area contributed by atoms with Crippen LogP contribution in [0.3, 0.4) is 0 Å². The number of thiazole rings is 1. The van der Waals surface area contributed by atoms with E-state index in [0.717, 1.165) is 12.1 Å². The van der Waals surface area contributed by atoms with Crippen LogP contribution in [0.5, 0.6) is 22.7 Å². The Kier molecular flexibility index (Phi) is 10.1. The lowest BCUT2D eigenvalue weighted by Gasteiger charge is -2.20. The van der Waals surface area contributed by atoms with E-state index in [1.807, 2.05) is 18.2 Å². The molecular formula is C26H35ClN6O4S. The molecule has 2 heterocycles. The molecule has 3 aromatic rings. The Balaban J connectivity index is 1.67. The average Bonchev–Trinajstić information content (AvgIpc) is 3.29. The molecule has 1 amide bonds. The zero-order chi connectivity index (χ0) is 27.9. The van der Waals surface area contributed by atoms with Crippen molar-refractivity contribution in [2.45, 2.75) is 52.5 Å². The third-order valence-electron chi connectivity index (χ3n) is 5.32. The van der Waals surface area contributed by atoms with E-state index in [-0.39, 0.29) is 35.2 Å². The normalized spacial score (nSPS) is 11.4. The number of halogens is 1. The molecule has 0 bridgehead atoms. The first kappa shape index (κ1) is 29.4. The van der Waals surface area contributed by atoms with E-state index in [9.17, 15) is 4.79 Å². The number of carbonyl (C=O) groups is 1. The van der Waals surface area contributed by atoms with E-state index in [1.54, 1.807) is 5.38 Å². The number of methoxy groups -OCH3 is 2. The van der Waals surface area contributed by atoms with E-state index in [2.05, 4.69) is 65.5 Å². The van der Waals surface area contributed by atoms with Gasteiger partial charge in [-0.25, -0.2) is 4.98 Å². The highest BCUT2D eigenvalue weighted by atomic mass is 35.5. The highest BCUT2D eigenvalue weighted by Crippen LogP contribution is 2.36. The zero-order valence-corrected chi connectivity index (χ0v) is 24.3. The lowest BCUT2D eigenvalue weighted by Crippen LogP contribution is -2.28. The lowest BCUT2D eigenvalue weighted by atomic mass is 9.87. The molecule has 0 spiro atoms. The molecule has 0 aliphatic rings. The minimum Gasteiger partial charge on any atom is -0.479 e. The SMILES string of the molecule is COc1nc(NCCNC(C)C)nc(OC)c1NC(=O)Cc1csc(Oc2cc(C(C)(C)C)ccc2Cl)n1. The van der Waals surface area contributed by atoms with Crippen LogP contribution in [0.2, 0.25) is 5.02 Å². The van der Waals surface area contributed by atoms with Crippen LogP contribution >= 0.6 is 22.9 Å². The fourth-order valence-corrected chi connectivity index (χ4v) is 4.18. The van der Waals surface area contributed by atoms with Crippen LogP contribution in [0.15, 0.2) is 23.6 Å². The van der Waals surface area contributed by atoms with Gasteiger partial charge in [-0.2, -0.15) is 9.97 Å². The van der Waals surface area contributed by atoms with Crippen molar-refractivity contribution in [1.29, 1.82) is 0 Å². The van der Waals surface area contributed by atoms with E-state index >= 15 is 0 Å². The van der Waals surface area contributed by atoms with Gasteiger partial charge in [-0.05, 0) is 23.1 Å². The highest BCUT2D eigenvalue weighted by molar-refractivity contribution is 7.11. The summed E-state index contributed by atoms with van der Waals surface area (Å²) in [5.41, 5.74) is 1.82. The maximum absolute atomic E-state index is 12.9. The Labute approximate surface area is 232 Å². The van der Waals surface area contributed by atoms with Gasteiger partial charge in [0.05, 0.1) is 31.4 Å². The molecule has 0 radical (unpaired) electrons. The first-order valence-corrected chi connectivity index (χ1v) is 13.4. The molecule has 2 aromatic heterocycles. The number of hydrogen-bond acceptors (Lipinski definition) is 10. The third kappa shape index (κ3) is 8.17. The molecule has 0 fully saturated rings. The van der Waals surface area contributed by atoms with Gasteiger partial charge in [0.15, 0.2) is 5.69 Å². The Hall–Kier alpha value is -3.15. The minimum absolute atomic E-state index is 0.00278. The number of amides is 1. The summed E-state index contributed by atoms with van der Waals surface area (Å²) in [5.74, 6) is 0.875. The summed E-state index contributed by atoms with van der Waals surface area (Å²) in [6.45, 7) is 11.8. The number of rotatable bonds is 12. The van der Waals surface area contributed by atoms with Crippen molar-refractivity contribution >= 4 is 40.5 Å². The van der Waals surface area contributed by atoms with Gasteiger partial charge in [0.25, 0.3) is 5.19 Å². The number of carbonyl (C=O) groups excluding carboxylic acids is 1. The molecule has 3 rings (SSSR count). The van der Waals surface area contributed by atoms with Crippen LogP contribution in [0, 0.1) is 0 Å². The van der Waals surface area contributed by atoms with Crippen LogP contribution in [0.25, 0.3) is 0 Å². The minimum atomic E-state index is -0.336. The van der Waals surface area contributed by atoms with Gasteiger partial charge >= 0.3 is 0 Å². The topological polar surface area (TPSA) is 120 Å². The monoisotopic (exact) mass is 562 g/mol. The molecule has 0 aliphatic carbocycles. The van der Waals surface area contributed by atoms with Crippen molar-refractivity contribution in [3.05, 3.63) is 39.9 Å². The first-order chi connectivity index (χ1) is 18.0. The molecule has 0 unspecified atom stereocenters. The van der Waals surface area contributed by atoms with Crippen molar-refractivity contribution in [3.63, 3.8) is 0 Å². The fourth-order valence-electron chi connectivity index (χ4n) is 3.34. The summed E-state index contributed by atoms with van der Waals surface area (Å²) < 4.78 is 16.7. The molecule has 38 heavy (non-hydrogen) atoms. The van der Waals surface area contributed by atoms with Crippen molar-refractivity contribution in [3.8, 4) is 22.7 Å². The van der Waals surface area contributed by atoms with E-state index in [1.165, 1.54) is 25.6 Å². The van der Waals surface area contributed by atoms with E-state index in [4.69, 9.17) is 25.8 Å². The average molecular weight is 563 g/mol. The fraction of sp³-hybridized carbons (Fsp3) is 0.462. The largest absolute Gasteiger partial charge is 0.479 e. The Morgan fingerprint density at radius 3 is 2.37 bits per heavy atom. The zero-order valence-electron chi connectivity index (χ0n) is 22.8. The maximum atomic E-state index is 12.9. The van der Waals surface area contributed by atoms with Crippen LogP contribution in [-0.2, 0) is 16.6 Å². The highest BCUT2D eigenvalue weighted by Gasteiger charge is 2.20. The summed E-state index contributed by atoms with van der Waals surface area (Å²) >= 11 is 7.62. The summed E-state index contributed by atoms with van der Waals surface area (Å²) in [7, 11) is 2.93. The van der Waals surface area contributed by atoms with Crippen molar-refractivity contribution in [2.24, 2.45) is 0 Å². The second-order valence-electron chi connectivity index (χ2n) is 9.80. The molecule has 0 saturated carbocycles. The predicted molar refractivity (Wildman–Crippen MR) is 151 cm³/mol. The quantitative estimate of drug-likeness (QED) is 0.253. The molecule has 3 N–H and O–H groups in total. The Morgan fingerprint density at radius 2 is 1.76 bits per heavy atom. The second-order valence-corrected chi connectivity index (χ2v) is 11.0. The summed E-state index contributed by atoms with van der Waals surface area (Å²) in [6.07, 6.45) is 0.00278. The number of nitrogens with zero attached hydrogens (tertiary/aromatic N) is 3. The Morgan fingerprint density at radius 1 is 1.08 bits per heavy atom. The standard InChI is InChI=1S/C26H35ClN6O4S/c1-15(2)28-10-11-29-24-32-22(35-6)21(23(33-24)36-7)31-20(34)13-17-14-38-25(30-17)37-19-12-16(26(3,4)5)8-9-18(19)27/h8-9,12,14-15,28H,10-11,13H2,1-7H3,(H,31,34)(H,29,32,33). The smallest absolute Gasteiger partial charge is 0.278 e. The van der Waals surface area contributed by atoms with Crippen molar-refractivity contribution in [2.75, 3.05) is 37.9 Å². The number of anilines is 2. The van der Waals surface area contributed by atoms with Gasteiger partial charge in [-0.3, -0.25) is 4.79 Å². The summed E-state index contributed by atoms with van der Waals surface area (Å²) in [6, 6.07) is 6.07. The number of hydrogen-bond donors (Lipinski definition) is 3. The maximum Gasteiger partial charge on any atom is 0.278 e. The molecule has 12 heteroatoms. The number of nitrogens with one attached hydrogen (secondary N) is 3. The van der Waals surface area contributed by atoms with Crippen LogP contribution < -0.4 is 30.2 Å². The van der Waals surface area contributed by atoms with Crippen molar-refractivity contribution in [1.82, 2.24) is 20.3 Å². The second kappa shape index (κ2) is 13.1. The molecule has 10 nitrogen and oxygen atoms in total. The summed E-state index contributed by atoms with van der Waals surface area (Å²) in [5, 5.41) is 11.8. The molecular weight excluding hydrogens is 528 g/mol. The molecule has 0 atom stereocenters. The van der Waals surface area contributed by atoms with Gasteiger partial charge in [-0.1, -0.05) is 63.6 Å². The molecule has 0 saturated heterocycles. The first-order valence-electron chi connectivity index (χ1n) is 12.2. The predicted octanol–water partition coefficient (Wildman–Crippen LogP) is 5.28. The Bertz CT molecular complexity index is 1220. The lowest BCUT2D eigenvalue weighted by molar-refractivity contribution is -0.115. The van der Waals surface area contributed by atoms with E-state index in [0.29, 0.717) is 40.2 Å². The van der Waals surface area contributed by atoms with Gasteiger partial charge < -0.3 is 30.2 Å². The molecule has 206 valence electrons. The number of aromatic nitrogens is 3. The van der Waals surface area contributed by atoms with Crippen molar-refractivity contribution < 1.29 is 19.0 Å². The summed E-state index contributed by atoms with van der Waals surface area (Å²) in [4.78, 5) is 26.0.